The number of ether oxygens (including phenoxy) is 1. The van der Waals surface area contributed by atoms with Crippen LogP contribution < -0.4 is 0 Å². The van der Waals surface area contributed by atoms with Crippen LogP contribution in [0.15, 0.2) is 23.8 Å². The zero-order valence-electron chi connectivity index (χ0n) is 11.2. The summed E-state index contributed by atoms with van der Waals surface area (Å²) in [4.78, 5) is 11.6. The van der Waals surface area contributed by atoms with Gasteiger partial charge in [-0.1, -0.05) is 18.2 Å². The summed E-state index contributed by atoms with van der Waals surface area (Å²) in [5, 5.41) is 9.07. The first-order chi connectivity index (χ1) is 8.51. The van der Waals surface area contributed by atoms with Crippen LogP contribution in [0.5, 0.6) is 0 Å². The molecule has 1 aromatic rings. The summed E-state index contributed by atoms with van der Waals surface area (Å²) in [6.45, 7) is 7.78. The van der Waals surface area contributed by atoms with E-state index in [0.29, 0.717) is 5.57 Å². The van der Waals surface area contributed by atoms with E-state index in [0.717, 1.165) is 11.1 Å². The standard InChI is InChI=1S/C15H17NO2/c1-5-18-15(17)14(9-16)12(4)13-7-6-10(2)11(3)8-13/h6-8H,5H2,1-4H3/b14-12-. The largest absolute Gasteiger partial charge is 0.462 e. The lowest BCUT2D eigenvalue weighted by Gasteiger charge is -2.08. The molecule has 3 nitrogen and oxygen atoms in total. The van der Waals surface area contributed by atoms with Crippen LogP contribution in [0.2, 0.25) is 0 Å². The van der Waals surface area contributed by atoms with E-state index < -0.39 is 5.97 Å². The molecule has 0 unspecified atom stereocenters. The third-order valence-electron chi connectivity index (χ3n) is 2.91. The van der Waals surface area contributed by atoms with Crippen molar-refractivity contribution >= 4 is 11.5 Å². The molecule has 0 aliphatic carbocycles. The van der Waals surface area contributed by atoms with Gasteiger partial charge in [0.05, 0.1) is 6.61 Å². The van der Waals surface area contributed by atoms with Crippen LogP contribution in [0.3, 0.4) is 0 Å². The van der Waals surface area contributed by atoms with E-state index >= 15 is 0 Å². The van der Waals surface area contributed by atoms with Crippen molar-refractivity contribution in [1.29, 1.82) is 5.26 Å². The molecule has 0 atom stereocenters. The summed E-state index contributed by atoms with van der Waals surface area (Å²) in [5.74, 6) is -0.560. The molecular weight excluding hydrogens is 226 g/mol. The average molecular weight is 243 g/mol. The monoisotopic (exact) mass is 243 g/mol. The number of aryl methyl sites for hydroxylation is 2. The van der Waals surface area contributed by atoms with Crippen molar-refractivity contribution in [2.24, 2.45) is 0 Å². The van der Waals surface area contributed by atoms with Crippen LogP contribution in [0.4, 0.5) is 0 Å². The maximum absolute atomic E-state index is 11.6. The summed E-state index contributed by atoms with van der Waals surface area (Å²) >= 11 is 0. The lowest BCUT2D eigenvalue weighted by atomic mass is 9.98. The van der Waals surface area contributed by atoms with Crippen molar-refractivity contribution in [1.82, 2.24) is 0 Å². The van der Waals surface area contributed by atoms with Gasteiger partial charge in [-0.05, 0) is 50.0 Å². The number of carbonyl (C=O) groups is 1. The lowest BCUT2D eigenvalue weighted by molar-refractivity contribution is -0.137. The Morgan fingerprint density at radius 3 is 2.50 bits per heavy atom. The van der Waals surface area contributed by atoms with Gasteiger partial charge in [0.25, 0.3) is 0 Å². The third-order valence-corrected chi connectivity index (χ3v) is 2.91. The highest BCUT2D eigenvalue weighted by atomic mass is 16.5. The van der Waals surface area contributed by atoms with Crippen molar-refractivity contribution in [3.63, 3.8) is 0 Å². The number of benzene rings is 1. The Hall–Kier alpha value is -2.08. The molecule has 0 amide bonds. The molecule has 0 spiro atoms. The highest BCUT2D eigenvalue weighted by Gasteiger charge is 2.15. The molecule has 94 valence electrons. The maximum Gasteiger partial charge on any atom is 0.349 e. The van der Waals surface area contributed by atoms with E-state index in [4.69, 9.17) is 10.00 Å². The number of hydrogen-bond acceptors (Lipinski definition) is 3. The summed E-state index contributed by atoms with van der Waals surface area (Å²) in [6.07, 6.45) is 0. The minimum atomic E-state index is -0.560. The van der Waals surface area contributed by atoms with Gasteiger partial charge in [0.1, 0.15) is 11.6 Å². The number of allylic oxidation sites excluding steroid dienone is 1. The normalized spacial score (nSPS) is 11.5. The highest BCUT2D eigenvalue weighted by Crippen LogP contribution is 2.21. The van der Waals surface area contributed by atoms with Gasteiger partial charge in [-0.3, -0.25) is 0 Å². The molecule has 0 aromatic heterocycles. The first-order valence-corrected chi connectivity index (χ1v) is 5.87. The van der Waals surface area contributed by atoms with E-state index in [2.05, 4.69) is 0 Å². The Bertz CT molecular complexity index is 536. The number of nitriles is 1. The van der Waals surface area contributed by atoms with E-state index in [1.54, 1.807) is 13.8 Å². The number of hydrogen-bond donors (Lipinski definition) is 0. The quantitative estimate of drug-likeness (QED) is 0.465. The molecule has 0 saturated carbocycles. The van der Waals surface area contributed by atoms with Crippen molar-refractivity contribution in [2.45, 2.75) is 27.7 Å². The fraction of sp³-hybridized carbons (Fsp3) is 0.333. The predicted molar refractivity (Wildman–Crippen MR) is 70.8 cm³/mol. The molecule has 0 fully saturated rings. The summed E-state index contributed by atoms with van der Waals surface area (Å²) in [7, 11) is 0. The summed E-state index contributed by atoms with van der Waals surface area (Å²) in [5.41, 5.74) is 3.91. The van der Waals surface area contributed by atoms with Gasteiger partial charge in [0.2, 0.25) is 0 Å². The smallest absolute Gasteiger partial charge is 0.349 e. The van der Waals surface area contributed by atoms with Crippen molar-refractivity contribution in [3.8, 4) is 6.07 Å². The van der Waals surface area contributed by atoms with Crippen LogP contribution in [-0.4, -0.2) is 12.6 Å². The van der Waals surface area contributed by atoms with E-state index in [1.807, 2.05) is 38.1 Å². The molecule has 1 rings (SSSR count). The van der Waals surface area contributed by atoms with Crippen LogP contribution in [-0.2, 0) is 9.53 Å². The van der Waals surface area contributed by atoms with Crippen LogP contribution in [0.1, 0.15) is 30.5 Å². The van der Waals surface area contributed by atoms with Gasteiger partial charge in [0.15, 0.2) is 0 Å². The Morgan fingerprint density at radius 2 is 2.00 bits per heavy atom. The van der Waals surface area contributed by atoms with E-state index in [9.17, 15) is 4.79 Å². The number of carbonyl (C=O) groups excluding carboxylic acids is 1. The molecular formula is C15H17NO2. The predicted octanol–water partition coefficient (Wildman–Crippen LogP) is 3.16. The van der Waals surface area contributed by atoms with Crippen LogP contribution in [0.25, 0.3) is 5.57 Å². The fourth-order valence-electron chi connectivity index (χ4n) is 1.60. The van der Waals surface area contributed by atoms with Crippen molar-refractivity contribution in [3.05, 3.63) is 40.5 Å². The SMILES string of the molecule is CCOC(=O)/C(C#N)=C(/C)c1ccc(C)c(C)c1. The van der Waals surface area contributed by atoms with E-state index in [1.165, 1.54) is 5.56 Å². The molecule has 0 bridgehead atoms. The minimum absolute atomic E-state index is 0.0695. The molecule has 18 heavy (non-hydrogen) atoms. The highest BCUT2D eigenvalue weighted by molar-refractivity contribution is 6.01. The minimum Gasteiger partial charge on any atom is -0.462 e. The van der Waals surface area contributed by atoms with Crippen molar-refractivity contribution < 1.29 is 9.53 Å². The Labute approximate surface area is 108 Å². The Kier molecular flexibility index (Phi) is 4.67. The average Bonchev–Trinajstić information content (AvgIpc) is 2.33. The first kappa shape index (κ1) is 14.0. The van der Waals surface area contributed by atoms with Crippen molar-refractivity contribution in [2.75, 3.05) is 6.61 Å². The van der Waals surface area contributed by atoms with Gasteiger partial charge in [-0.15, -0.1) is 0 Å². The van der Waals surface area contributed by atoms with E-state index in [-0.39, 0.29) is 12.2 Å². The second kappa shape index (κ2) is 6.02. The van der Waals surface area contributed by atoms with Crippen LogP contribution in [0, 0.1) is 25.2 Å². The Morgan fingerprint density at radius 1 is 1.33 bits per heavy atom. The number of esters is 1. The number of rotatable bonds is 3. The van der Waals surface area contributed by atoms with Gasteiger partial charge in [0, 0.05) is 0 Å². The van der Waals surface area contributed by atoms with Crippen LogP contribution >= 0.6 is 0 Å². The maximum atomic E-state index is 11.6. The summed E-state index contributed by atoms with van der Waals surface area (Å²) in [6, 6.07) is 7.79. The summed E-state index contributed by atoms with van der Waals surface area (Å²) < 4.78 is 4.87. The first-order valence-electron chi connectivity index (χ1n) is 5.87. The Balaban J connectivity index is 3.23. The molecule has 0 radical (unpaired) electrons. The third kappa shape index (κ3) is 2.98. The zero-order valence-corrected chi connectivity index (χ0v) is 11.2. The molecule has 1 aromatic carbocycles. The number of nitrogens with zero attached hydrogens (tertiary/aromatic N) is 1. The zero-order chi connectivity index (χ0) is 13.7. The van der Waals surface area contributed by atoms with Gasteiger partial charge in [-0.25, -0.2) is 4.79 Å². The van der Waals surface area contributed by atoms with Gasteiger partial charge in [-0.2, -0.15) is 5.26 Å². The molecule has 0 heterocycles. The van der Waals surface area contributed by atoms with Gasteiger partial charge >= 0.3 is 5.97 Å². The fourth-order valence-corrected chi connectivity index (χ4v) is 1.60. The lowest BCUT2D eigenvalue weighted by Crippen LogP contribution is -2.08. The van der Waals surface area contributed by atoms with Gasteiger partial charge < -0.3 is 4.74 Å². The topological polar surface area (TPSA) is 50.1 Å². The molecule has 0 saturated heterocycles. The molecule has 0 aliphatic heterocycles. The molecule has 0 aliphatic rings. The molecule has 3 heteroatoms. The second-order valence-corrected chi connectivity index (χ2v) is 4.13. The molecule has 0 N–H and O–H groups in total. The second-order valence-electron chi connectivity index (χ2n) is 4.13.